The largest absolute Gasteiger partial charge is 0.342 e. The zero-order chi connectivity index (χ0) is 14.4. The number of hydrogen-bond donors (Lipinski definition) is 0. The first-order valence-corrected chi connectivity index (χ1v) is 7.17. The van der Waals surface area contributed by atoms with E-state index in [0.29, 0.717) is 31.7 Å². The Morgan fingerprint density at radius 2 is 1.95 bits per heavy atom. The molecule has 0 atom stereocenters. The lowest BCUT2D eigenvalue weighted by Crippen LogP contribution is -2.38. The fourth-order valence-corrected chi connectivity index (χ4v) is 2.24. The number of halogens is 2. The van der Waals surface area contributed by atoms with Crippen LogP contribution in [0.3, 0.4) is 0 Å². The van der Waals surface area contributed by atoms with Crippen molar-refractivity contribution in [1.29, 1.82) is 0 Å². The van der Waals surface area contributed by atoms with Crippen LogP contribution in [0.4, 0.5) is 4.39 Å². The standard InChI is InChI=1S/C14H20BrFN2O/c1-4-18(5-2)14(19)10-17(3)9-11-6-7-12(15)8-13(11)16/h6-8H,4-5,9-10H2,1-3H3. The highest BCUT2D eigenvalue weighted by Gasteiger charge is 2.13. The third kappa shape index (κ3) is 4.91. The van der Waals surface area contributed by atoms with Gasteiger partial charge in [0.15, 0.2) is 0 Å². The van der Waals surface area contributed by atoms with Crippen molar-refractivity contribution >= 4 is 21.8 Å². The number of nitrogens with zero attached hydrogens (tertiary/aromatic N) is 2. The van der Waals surface area contributed by atoms with E-state index in [1.807, 2.05) is 25.8 Å². The minimum absolute atomic E-state index is 0.0741. The van der Waals surface area contributed by atoms with Crippen LogP contribution in [0, 0.1) is 5.82 Å². The Balaban J connectivity index is 2.60. The highest BCUT2D eigenvalue weighted by molar-refractivity contribution is 9.10. The number of carbonyl (C=O) groups excluding carboxylic acids is 1. The van der Waals surface area contributed by atoms with E-state index in [9.17, 15) is 9.18 Å². The summed E-state index contributed by atoms with van der Waals surface area (Å²) in [4.78, 5) is 15.5. The van der Waals surface area contributed by atoms with Gasteiger partial charge in [-0.2, -0.15) is 0 Å². The zero-order valence-electron chi connectivity index (χ0n) is 11.6. The van der Waals surface area contributed by atoms with Crippen LogP contribution in [0.15, 0.2) is 22.7 Å². The van der Waals surface area contributed by atoms with Crippen molar-refractivity contribution in [3.63, 3.8) is 0 Å². The summed E-state index contributed by atoms with van der Waals surface area (Å²) in [7, 11) is 1.82. The molecule has 0 heterocycles. The van der Waals surface area contributed by atoms with Gasteiger partial charge in [-0.3, -0.25) is 9.69 Å². The molecular formula is C14H20BrFN2O. The lowest BCUT2D eigenvalue weighted by molar-refractivity contribution is -0.131. The Labute approximate surface area is 122 Å². The molecule has 0 aliphatic heterocycles. The summed E-state index contributed by atoms with van der Waals surface area (Å²) in [6.07, 6.45) is 0. The van der Waals surface area contributed by atoms with Gasteiger partial charge in [-0.05, 0) is 33.0 Å². The topological polar surface area (TPSA) is 23.6 Å². The number of amides is 1. The van der Waals surface area contributed by atoms with Gasteiger partial charge < -0.3 is 4.90 Å². The van der Waals surface area contributed by atoms with Crippen molar-refractivity contribution in [2.24, 2.45) is 0 Å². The molecule has 0 fully saturated rings. The summed E-state index contributed by atoms with van der Waals surface area (Å²) in [6, 6.07) is 4.98. The molecule has 106 valence electrons. The number of hydrogen-bond acceptors (Lipinski definition) is 2. The zero-order valence-corrected chi connectivity index (χ0v) is 13.2. The second kappa shape index (κ2) is 7.60. The van der Waals surface area contributed by atoms with Crippen molar-refractivity contribution in [1.82, 2.24) is 9.80 Å². The van der Waals surface area contributed by atoms with Crippen LogP contribution in [-0.2, 0) is 11.3 Å². The molecule has 5 heteroatoms. The van der Waals surface area contributed by atoms with Crippen LogP contribution in [0.5, 0.6) is 0 Å². The molecule has 1 aromatic carbocycles. The lowest BCUT2D eigenvalue weighted by Gasteiger charge is -2.23. The Kier molecular flexibility index (Phi) is 6.45. The summed E-state index contributed by atoms with van der Waals surface area (Å²) in [5, 5.41) is 0. The normalized spacial score (nSPS) is 10.8. The van der Waals surface area contributed by atoms with Crippen molar-refractivity contribution < 1.29 is 9.18 Å². The third-order valence-corrected chi connectivity index (χ3v) is 3.47. The second-order valence-electron chi connectivity index (χ2n) is 4.47. The Bertz CT molecular complexity index is 435. The predicted octanol–water partition coefficient (Wildman–Crippen LogP) is 2.89. The summed E-state index contributed by atoms with van der Waals surface area (Å²) < 4.78 is 14.4. The molecular weight excluding hydrogens is 311 g/mol. The van der Waals surface area contributed by atoms with Crippen LogP contribution in [0.25, 0.3) is 0 Å². The minimum Gasteiger partial charge on any atom is -0.342 e. The first kappa shape index (κ1) is 16.1. The van der Waals surface area contributed by atoms with Crippen LogP contribution >= 0.6 is 15.9 Å². The Morgan fingerprint density at radius 3 is 2.47 bits per heavy atom. The van der Waals surface area contributed by atoms with Gasteiger partial charge in [0.2, 0.25) is 5.91 Å². The van der Waals surface area contributed by atoms with Crippen molar-refractivity contribution in [2.75, 3.05) is 26.7 Å². The predicted molar refractivity (Wildman–Crippen MR) is 78.4 cm³/mol. The van der Waals surface area contributed by atoms with Gasteiger partial charge in [-0.1, -0.05) is 22.0 Å². The summed E-state index contributed by atoms with van der Waals surface area (Å²) in [5.74, 6) is -0.179. The van der Waals surface area contributed by atoms with Crippen molar-refractivity contribution in [2.45, 2.75) is 20.4 Å². The Hall–Kier alpha value is -0.940. The summed E-state index contributed by atoms with van der Waals surface area (Å²) in [6.45, 7) is 6.04. The maximum Gasteiger partial charge on any atom is 0.236 e. The minimum atomic E-state index is -0.253. The molecule has 19 heavy (non-hydrogen) atoms. The highest BCUT2D eigenvalue weighted by Crippen LogP contribution is 2.16. The molecule has 1 amide bonds. The number of carbonyl (C=O) groups is 1. The van der Waals surface area contributed by atoms with Crippen LogP contribution in [0.1, 0.15) is 19.4 Å². The molecule has 0 spiro atoms. The van der Waals surface area contributed by atoms with Gasteiger partial charge >= 0.3 is 0 Å². The second-order valence-corrected chi connectivity index (χ2v) is 5.39. The van der Waals surface area contributed by atoms with Gasteiger partial charge in [0, 0.05) is 29.7 Å². The molecule has 1 rings (SSSR count). The monoisotopic (exact) mass is 330 g/mol. The molecule has 0 radical (unpaired) electrons. The van der Waals surface area contributed by atoms with Gasteiger partial charge in [0.1, 0.15) is 5.82 Å². The van der Waals surface area contributed by atoms with E-state index in [0.717, 1.165) is 4.47 Å². The van der Waals surface area contributed by atoms with E-state index < -0.39 is 0 Å². The molecule has 0 N–H and O–H groups in total. The smallest absolute Gasteiger partial charge is 0.236 e. The molecule has 0 aliphatic carbocycles. The van der Waals surface area contributed by atoms with Gasteiger partial charge in [-0.15, -0.1) is 0 Å². The maximum absolute atomic E-state index is 13.7. The van der Waals surface area contributed by atoms with E-state index in [-0.39, 0.29) is 11.7 Å². The van der Waals surface area contributed by atoms with Crippen LogP contribution in [0.2, 0.25) is 0 Å². The Morgan fingerprint density at radius 1 is 1.32 bits per heavy atom. The average Bonchev–Trinajstić information content (AvgIpc) is 2.34. The van der Waals surface area contributed by atoms with E-state index in [1.165, 1.54) is 6.07 Å². The van der Waals surface area contributed by atoms with Gasteiger partial charge in [0.05, 0.1) is 6.54 Å². The van der Waals surface area contributed by atoms with Crippen molar-refractivity contribution in [3.05, 3.63) is 34.1 Å². The number of benzene rings is 1. The molecule has 0 aromatic heterocycles. The first-order chi connectivity index (χ1) is 8.97. The van der Waals surface area contributed by atoms with Gasteiger partial charge in [-0.25, -0.2) is 4.39 Å². The molecule has 0 unspecified atom stereocenters. The molecule has 0 saturated carbocycles. The quantitative estimate of drug-likeness (QED) is 0.800. The molecule has 1 aromatic rings. The highest BCUT2D eigenvalue weighted by atomic mass is 79.9. The molecule has 0 saturated heterocycles. The fraction of sp³-hybridized carbons (Fsp3) is 0.500. The molecule has 3 nitrogen and oxygen atoms in total. The van der Waals surface area contributed by atoms with E-state index in [4.69, 9.17) is 0 Å². The fourth-order valence-electron chi connectivity index (χ4n) is 1.90. The number of likely N-dealkylation sites (N-methyl/N-ethyl adjacent to an activating group) is 2. The van der Waals surface area contributed by atoms with E-state index >= 15 is 0 Å². The van der Waals surface area contributed by atoms with E-state index in [2.05, 4.69) is 15.9 Å². The maximum atomic E-state index is 13.7. The summed E-state index contributed by atoms with van der Waals surface area (Å²) in [5.41, 5.74) is 0.595. The SMILES string of the molecule is CCN(CC)C(=O)CN(C)Cc1ccc(Br)cc1F. The van der Waals surface area contributed by atoms with Gasteiger partial charge in [0.25, 0.3) is 0 Å². The average molecular weight is 331 g/mol. The molecule has 0 aliphatic rings. The van der Waals surface area contributed by atoms with Crippen LogP contribution in [-0.4, -0.2) is 42.4 Å². The molecule has 0 bridgehead atoms. The van der Waals surface area contributed by atoms with Crippen LogP contribution < -0.4 is 0 Å². The first-order valence-electron chi connectivity index (χ1n) is 6.38. The third-order valence-electron chi connectivity index (χ3n) is 2.98. The van der Waals surface area contributed by atoms with Crippen molar-refractivity contribution in [3.8, 4) is 0 Å². The van der Waals surface area contributed by atoms with E-state index in [1.54, 1.807) is 17.0 Å². The summed E-state index contributed by atoms with van der Waals surface area (Å²) >= 11 is 3.23. The lowest BCUT2D eigenvalue weighted by atomic mass is 10.2. The number of rotatable bonds is 6.